The number of nitrogens with zero attached hydrogens (tertiary/aromatic N) is 2. The van der Waals surface area contributed by atoms with Gasteiger partial charge >= 0.3 is 6.09 Å². The van der Waals surface area contributed by atoms with Crippen molar-refractivity contribution in [3.63, 3.8) is 0 Å². The molecule has 2 N–H and O–H groups in total. The lowest BCUT2D eigenvalue weighted by Gasteiger charge is -2.22. The highest BCUT2D eigenvalue weighted by atomic mass is 32.2. The Balaban J connectivity index is 1.63. The fraction of sp³-hybridized carbons (Fsp3) is 0.229. The molecular weight excluding hydrogens is 658 g/mol. The number of anilines is 1. The Bertz CT molecular complexity index is 2260. The number of nitrogens with one attached hydrogen (secondary N) is 2. The van der Waals surface area contributed by atoms with Gasteiger partial charge in [0.2, 0.25) is 5.91 Å². The molecule has 0 saturated heterocycles. The van der Waals surface area contributed by atoms with E-state index in [9.17, 15) is 31.6 Å². The Morgan fingerprint density at radius 1 is 0.918 bits per heavy atom. The molecule has 0 aliphatic heterocycles. The summed E-state index contributed by atoms with van der Waals surface area (Å²) >= 11 is 0. The van der Waals surface area contributed by atoms with Crippen LogP contribution in [0.25, 0.3) is 22.0 Å². The first-order chi connectivity index (χ1) is 22.9. The van der Waals surface area contributed by atoms with Gasteiger partial charge in [-0.2, -0.15) is 0 Å². The number of rotatable bonds is 8. The molecule has 1 atom stereocenters. The average Bonchev–Trinajstić information content (AvgIpc) is 3.47. The molecule has 0 bridgehead atoms. The third kappa shape index (κ3) is 7.49. The number of pyridine rings is 1. The summed E-state index contributed by atoms with van der Waals surface area (Å²) in [5.74, 6) is -2.66. The number of alkyl carbamates (subject to hydrolysis) is 1. The maximum Gasteiger partial charge on any atom is 0.408 e. The number of aryl methyl sites for hydroxylation is 2. The molecule has 2 aromatic heterocycles. The summed E-state index contributed by atoms with van der Waals surface area (Å²) in [6.07, 6.45) is 1.92. The summed E-state index contributed by atoms with van der Waals surface area (Å²) in [7, 11) is -2.77. The van der Waals surface area contributed by atoms with Gasteiger partial charge in [-0.3, -0.25) is 9.59 Å². The number of halogens is 2. The topological polar surface area (TPSA) is 138 Å². The van der Waals surface area contributed by atoms with Gasteiger partial charge in [0.25, 0.3) is 15.6 Å². The van der Waals surface area contributed by atoms with Crippen molar-refractivity contribution in [3.8, 4) is 22.6 Å². The molecule has 0 spiro atoms. The zero-order valence-electron chi connectivity index (χ0n) is 27.5. The van der Waals surface area contributed by atoms with Crippen LogP contribution in [-0.2, 0) is 26.6 Å². The number of benzene rings is 3. The molecule has 0 fully saturated rings. The van der Waals surface area contributed by atoms with Gasteiger partial charge in [-0.05, 0) is 83.1 Å². The number of hydrogen-bond donors (Lipinski definition) is 2. The highest BCUT2D eigenvalue weighted by Crippen LogP contribution is 2.39. The lowest BCUT2D eigenvalue weighted by atomic mass is 10.0. The Kier molecular flexibility index (Phi) is 9.37. The monoisotopic (exact) mass is 692 g/mol. The zero-order chi connectivity index (χ0) is 35.8. The van der Waals surface area contributed by atoms with Crippen molar-refractivity contribution in [1.82, 2.24) is 13.9 Å². The molecule has 0 saturated carbocycles. The van der Waals surface area contributed by atoms with Gasteiger partial charge in [-0.1, -0.05) is 17.7 Å². The third-order valence-electron chi connectivity index (χ3n) is 7.34. The second kappa shape index (κ2) is 13.2. The number of carbonyl (C=O) groups excluding carboxylic acids is 2. The highest BCUT2D eigenvalue weighted by molar-refractivity contribution is 7.90. The van der Waals surface area contributed by atoms with Crippen LogP contribution >= 0.6 is 0 Å². The number of fused-ring (bicyclic) bond motifs is 1. The van der Waals surface area contributed by atoms with E-state index in [1.165, 1.54) is 67.3 Å². The molecule has 0 aliphatic carbocycles. The van der Waals surface area contributed by atoms with E-state index in [0.717, 1.165) is 21.7 Å². The molecule has 3 aromatic carbocycles. The molecule has 49 heavy (non-hydrogen) atoms. The average molecular weight is 693 g/mol. The van der Waals surface area contributed by atoms with Gasteiger partial charge in [0, 0.05) is 47.7 Å². The first-order valence-corrected chi connectivity index (χ1v) is 16.5. The Morgan fingerprint density at radius 2 is 1.59 bits per heavy atom. The molecule has 2 amide bonds. The maximum absolute atomic E-state index is 14.7. The van der Waals surface area contributed by atoms with Crippen LogP contribution in [0.5, 0.6) is 11.5 Å². The third-order valence-corrected chi connectivity index (χ3v) is 9.03. The van der Waals surface area contributed by atoms with E-state index in [1.54, 1.807) is 32.9 Å². The van der Waals surface area contributed by atoms with Crippen LogP contribution in [0.3, 0.4) is 0 Å². The molecule has 5 aromatic rings. The predicted molar refractivity (Wildman–Crippen MR) is 180 cm³/mol. The lowest BCUT2D eigenvalue weighted by molar-refractivity contribution is -0.117. The fourth-order valence-corrected chi connectivity index (χ4v) is 6.30. The van der Waals surface area contributed by atoms with Crippen molar-refractivity contribution < 1.29 is 36.3 Å². The van der Waals surface area contributed by atoms with Crippen LogP contribution in [0.15, 0.2) is 88.8 Å². The molecule has 11 nitrogen and oxygen atoms in total. The van der Waals surface area contributed by atoms with Gasteiger partial charge < -0.3 is 24.7 Å². The number of aromatic nitrogens is 2. The largest absolute Gasteiger partial charge is 0.454 e. The molecular formula is C35H34F2N4O7S. The standard InChI is InChI=1S/C35H34F2N4O7S/c1-20-7-11-24(12-8-20)49(45,46)41-16-15-25-27(19-40(6)33(43)31(25)41)26-18-23(39-32(42)21(2)38-34(44)48-35(3,4)5)10-14-29(26)47-30-13-9-22(36)17-28(30)37/h7-19,21H,1-6H3,(H,38,44)(H,39,42)/t21-/m0/s1. The second-order valence-electron chi connectivity index (χ2n) is 12.4. The lowest BCUT2D eigenvalue weighted by Crippen LogP contribution is -2.43. The van der Waals surface area contributed by atoms with Crippen LogP contribution in [0, 0.1) is 18.6 Å². The van der Waals surface area contributed by atoms with Crippen molar-refractivity contribution in [2.24, 2.45) is 7.05 Å². The van der Waals surface area contributed by atoms with Gasteiger partial charge in [0.15, 0.2) is 11.6 Å². The molecule has 256 valence electrons. The maximum atomic E-state index is 14.7. The van der Waals surface area contributed by atoms with E-state index in [4.69, 9.17) is 9.47 Å². The molecule has 0 aliphatic rings. The van der Waals surface area contributed by atoms with E-state index in [-0.39, 0.29) is 38.5 Å². The van der Waals surface area contributed by atoms with Crippen molar-refractivity contribution in [3.05, 3.63) is 107 Å². The summed E-state index contributed by atoms with van der Waals surface area (Å²) in [5, 5.41) is 5.38. The van der Waals surface area contributed by atoms with Crippen LogP contribution in [-0.4, -0.2) is 40.6 Å². The minimum Gasteiger partial charge on any atom is -0.454 e. The van der Waals surface area contributed by atoms with Crippen molar-refractivity contribution in [2.75, 3.05) is 5.32 Å². The van der Waals surface area contributed by atoms with E-state index >= 15 is 0 Å². The predicted octanol–water partition coefficient (Wildman–Crippen LogP) is 6.47. The Morgan fingerprint density at radius 3 is 2.24 bits per heavy atom. The molecule has 0 radical (unpaired) electrons. The van der Waals surface area contributed by atoms with Gasteiger partial charge in [0.1, 0.15) is 28.7 Å². The number of carbonyl (C=O) groups is 2. The number of hydrogen-bond acceptors (Lipinski definition) is 7. The van der Waals surface area contributed by atoms with Crippen LogP contribution < -0.4 is 20.9 Å². The minimum atomic E-state index is -4.22. The zero-order valence-corrected chi connectivity index (χ0v) is 28.3. The second-order valence-corrected chi connectivity index (χ2v) is 14.2. The van der Waals surface area contributed by atoms with Gasteiger partial charge in [-0.15, -0.1) is 0 Å². The fourth-order valence-electron chi connectivity index (χ4n) is 4.95. The summed E-state index contributed by atoms with van der Waals surface area (Å²) in [6.45, 7) is 8.33. The Hall–Kier alpha value is -5.50. The van der Waals surface area contributed by atoms with E-state index in [0.29, 0.717) is 11.6 Å². The van der Waals surface area contributed by atoms with E-state index in [1.807, 2.05) is 6.92 Å². The Labute approximate surface area is 281 Å². The van der Waals surface area contributed by atoms with E-state index < -0.39 is 50.9 Å². The molecule has 14 heteroatoms. The van der Waals surface area contributed by atoms with Crippen LogP contribution in [0.2, 0.25) is 0 Å². The van der Waals surface area contributed by atoms with Crippen molar-refractivity contribution in [2.45, 2.75) is 51.2 Å². The summed E-state index contributed by atoms with van der Waals surface area (Å²) < 4.78 is 69.1. The van der Waals surface area contributed by atoms with Crippen LogP contribution in [0.4, 0.5) is 19.3 Å². The number of amides is 2. The SMILES string of the molecule is Cc1ccc(S(=O)(=O)n2ccc3c(-c4cc(NC(=O)[C@H](C)NC(=O)OC(C)(C)C)ccc4Oc4ccc(F)cc4F)cn(C)c(=O)c32)cc1. The first kappa shape index (κ1) is 34.8. The highest BCUT2D eigenvalue weighted by Gasteiger charge is 2.25. The van der Waals surface area contributed by atoms with Crippen LogP contribution in [0.1, 0.15) is 33.3 Å². The molecule has 0 unspecified atom stereocenters. The molecule has 2 heterocycles. The van der Waals surface area contributed by atoms with Crippen molar-refractivity contribution in [1.29, 1.82) is 0 Å². The van der Waals surface area contributed by atoms with E-state index in [2.05, 4.69) is 10.6 Å². The first-order valence-electron chi connectivity index (χ1n) is 15.1. The van der Waals surface area contributed by atoms with Crippen molar-refractivity contribution >= 4 is 38.6 Å². The normalized spacial score (nSPS) is 12.4. The van der Waals surface area contributed by atoms with Gasteiger partial charge in [0.05, 0.1) is 4.90 Å². The van der Waals surface area contributed by atoms with Gasteiger partial charge in [-0.25, -0.2) is 26.0 Å². The quantitative estimate of drug-likeness (QED) is 0.190. The molecule has 5 rings (SSSR count). The number of ether oxygens (including phenoxy) is 2. The summed E-state index contributed by atoms with van der Waals surface area (Å²) in [6, 6.07) is 13.8. The minimum absolute atomic E-state index is 0.0299. The summed E-state index contributed by atoms with van der Waals surface area (Å²) in [5.41, 5.74) is 0.0280. The summed E-state index contributed by atoms with van der Waals surface area (Å²) in [4.78, 5) is 38.8. The smallest absolute Gasteiger partial charge is 0.408 e.